The second-order valence-corrected chi connectivity index (χ2v) is 7.04. The first-order valence-corrected chi connectivity index (χ1v) is 9.01. The molecule has 2 aromatic carbocycles. The van der Waals surface area contributed by atoms with Crippen molar-refractivity contribution in [3.05, 3.63) is 66.0 Å². The van der Waals surface area contributed by atoms with Crippen molar-refractivity contribution in [3.63, 3.8) is 0 Å². The number of anilines is 2. The summed E-state index contributed by atoms with van der Waals surface area (Å²) in [5.41, 5.74) is 3.15. The number of hydrogen-bond acceptors (Lipinski definition) is 6. The molecule has 6 heteroatoms. The van der Waals surface area contributed by atoms with Gasteiger partial charge in [0.1, 0.15) is 10.8 Å². The van der Waals surface area contributed by atoms with Gasteiger partial charge < -0.3 is 10.4 Å². The van der Waals surface area contributed by atoms with E-state index in [9.17, 15) is 5.11 Å². The van der Waals surface area contributed by atoms with E-state index in [1.165, 1.54) is 21.8 Å². The maximum absolute atomic E-state index is 9.36. The number of aromatic hydroxyl groups is 1. The van der Waals surface area contributed by atoms with Gasteiger partial charge in [0.2, 0.25) is 5.13 Å². The monoisotopic (exact) mass is 351 g/mol. The molecule has 0 spiro atoms. The van der Waals surface area contributed by atoms with Gasteiger partial charge in [-0.15, -0.1) is 21.5 Å². The molecule has 4 rings (SSSR count). The SMILES string of the molecule is Oc1ccc(-c2nnc(Nc3csc(-c4ccccc4)c3)s2)cc1. The second kappa shape index (κ2) is 6.43. The number of nitrogens with one attached hydrogen (secondary N) is 1. The molecule has 0 radical (unpaired) electrons. The average molecular weight is 351 g/mol. The molecule has 0 aliphatic heterocycles. The van der Waals surface area contributed by atoms with Gasteiger partial charge in [-0.25, -0.2) is 0 Å². The number of nitrogens with zero attached hydrogens (tertiary/aromatic N) is 2. The van der Waals surface area contributed by atoms with Gasteiger partial charge in [0, 0.05) is 15.8 Å². The van der Waals surface area contributed by atoms with Crippen LogP contribution in [0.15, 0.2) is 66.0 Å². The zero-order chi connectivity index (χ0) is 16.4. The predicted octanol–water partition coefficient (Wildman–Crippen LogP) is 5.38. The zero-order valence-electron chi connectivity index (χ0n) is 12.5. The van der Waals surface area contributed by atoms with Crippen molar-refractivity contribution in [2.75, 3.05) is 5.32 Å². The minimum atomic E-state index is 0.244. The Bertz CT molecular complexity index is 946. The molecular formula is C18H13N3OS2. The van der Waals surface area contributed by atoms with Gasteiger partial charge in [-0.3, -0.25) is 0 Å². The molecule has 118 valence electrons. The summed E-state index contributed by atoms with van der Waals surface area (Å²) in [5, 5.41) is 24.7. The Balaban J connectivity index is 1.52. The maximum Gasteiger partial charge on any atom is 0.210 e. The molecule has 4 nitrogen and oxygen atoms in total. The highest BCUT2D eigenvalue weighted by Gasteiger charge is 2.08. The highest BCUT2D eigenvalue weighted by atomic mass is 32.1. The normalized spacial score (nSPS) is 10.7. The van der Waals surface area contributed by atoms with Crippen LogP contribution in [0.4, 0.5) is 10.8 Å². The van der Waals surface area contributed by atoms with Crippen molar-refractivity contribution in [2.24, 2.45) is 0 Å². The van der Waals surface area contributed by atoms with Crippen LogP contribution >= 0.6 is 22.7 Å². The Labute approximate surface area is 147 Å². The van der Waals surface area contributed by atoms with Crippen molar-refractivity contribution in [1.29, 1.82) is 0 Å². The number of hydrogen-bond donors (Lipinski definition) is 2. The fourth-order valence-electron chi connectivity index (χ4n) is 2.27. The third kappa shape index (κ3) is 3.15. The van der Waals surface area contributed by atoms with E-state index in [4.69, 9.17) is 0 Å². The first kappa shape index (κ1) is 14.9. The van der Waals surface area contributed by atoms with Gasteiger partial charge in [0.05, 0.1) is 5.69 Å². The quantitative estimate of drug-likeness (QED) is 0.518. The van der Waals surface area contributed by atoms with Crippen LogP contribution in [0, 0.1) is 0 Å². The van der Waals surface area contributed by atoms with Crippen LogP contribution in [0.5, 0.6) is 5.75 Å². The number of phenols is 1. The Hall–Kier alpha value is -2.70. The van der Waals surface area contributed by atoms with E-state index in [0.717, 1.165) is 21.4 Å². The molecule has 0 aliphatic rings. The molecule has 0 saturated carbocycles. The fourth-order valence-corrected chi connectivity index (χ4v) is 3.89. The van der Waals surface area contributed by atoms with Crippen molar-refractivity contribution in [1.82, 2.24) is 10.2 Å². The Morgan fingerprint density at radius 3 is 2.46 bits per heavy atom. The molecule has 2 N–H and O–H groups in total. The first-order valence-electron chi connectivity index (χ1n) is 7.32. The lowest BCUT2D eigenvalue weighted by atomic mass is 10.2. The molecule has 0 bridgehead atoms. The van der Waals surface area contributed by atoms with E-state index < -0.39 is 0 Å². The number of benzene rings is 2. The van der Waals surface area contributed by atoms with Crippen LogP contribution in [-0.4, -0.2) is 15.3 Å². The number of thiophene rings is 1. The third-order valence-corrected chi connectivity index (χ3v) is 5.32. The fraction of sp³-hybridized carbons (Fsp3) is 0. The summed E-state index contributed by atoms with van der Waals surface area (Å²) < 4.78 is 0. The highest BCUT2D eigenvalue weighted by molar-refractivity contribution is 7.18. The van der Waals surface area contributed by atoms with Gasteiger partial charge in [0.25, 0.3) is 0 Å². The lowest BCUT2D eigenvalue weighted by Gasteiger charge is -1.97. The summed E-state index contributed by atoms with van der Waals surface area (Å²) in [6.07, 6.45) is 0. The van der Waals surface area contributed by atoms with Crippen molar-refractivity contribution in [3.8, 4) is 26.8 Å². The molecule has 0 amide bonds. The molecule has 0 atom stereocenters. The number of aromatic nitrogens is 2. The zero-order valence-corrected chi connectivity index (χ0v) is 14.1. The van der Waals surface area contributed by atoms with Crippen LogP contribution in [0.3, 0.4) is 0 Å². The number of phenolic OH excluding ortho intramolecular Hbond substituents is 1. The molecule has 0 saturated heterocycles. The van der Waals surface area contributed by atoms with Crippen LogP contribution in [-0.2, 0) is 0 Å². The van der Waals surface area contributed by atoms with Crippen molar-refractivity contribution < 1.29 is 5.11 Å². The maximum atomic E-state index is 9.36. The van der Waals surface area contributed by atoms with E-state index in [-0.39, 0.29) is 5.75 Å². The molecule has 0 aliphatic carbocycles. The third-order valence-electron chi connectivity index (χ3n) is 3.45. The lowest BCUT2D eigenvalue weighted by molar-refractivity contribution is 0.475. The summed E-state index contributed by atoms with van der Waals surface area (Å²) in [6.45, 7) is 0. The highest BCUT2D eigenvalue weighted by Crippen LogP contribution is 2.33. The minimum Gasteiger partial charge on any atom is -0.508 e. The summed E-state index contributed by atoms with van der Waals surface area (Å²) >= 11 is 3.17. The van der Waals surface area contributed by atoms with E-state index in [2.05, 4.69) is 39.1 Å². The predicted molar refractivity (Wildman–Crippen MR) is 100 cm³/mol. The van der Waals surface area contributed by atoms with Crippen LogP contribution in [0.25, 0.3) is 21.0 Å². The minimum absolute atomic E-state index is 0.244. The topological polar surface area (TPSA) is 58.0 Å². The molecule has 0 unspecified atom stereocenters. The first-order chi connectivity index (χ1) is 11.8. The summed E-state index contributed by atoms with van der Waals surface area (Å²) in [6, 6.07) is 19.4. The molecule has 2 heterocycles. The molecular weight excluding hydrogens is 338 g/mol. The average Bonchev–Trinajstić information content (AvgIpc) is 3.27. The van der Waals surface area contributed by atoms with E-state index in [0.29, 0.717) is 0 Å². The summed E-state index contributed by atoms with van der Waals surface area (Å²) in [7, 11) is 0. The van der Waals surface area contributed by atoms with Gasteiger partial charge >= 0.3 is 0 Å². The summed E-state index contributed by atoms with van der Waals surface area (Å²) in [5.74, 6) is 0.244. The smallest absolute Gasteiger partial charge is 0.210 e. The van der Waals surface area contributed by atoms with Crippen molar-refractivity contribution >= 4 is 33.5 Å². The Morgan fingerprint density at radius 2 is 1.67 bits per heavy atom. The molecule has 2 aromatic heterocycles. The van der Waals surface area contributed by atoms with Crippen LogP contribution in [0.2, 0.25) is 0 Å². The second-order valence-electron chi connectivity index (χ2n) is 5.15. The van der Waals surface area contributed by atoms with E-state index in [1.807, 2.05) is 30.3 Å². The van der Waals surface area contributed by atoms with Gasteiger partial charge in [-0.1, -0.05) is 41.7 Å². The van der Waals surface area contributed by atoms with Crippen molar-refractivity contribution in [2.45, 2.75) is 0 Å². The molecule has 24 heavy (non-hydrogen) atoms. The van der Waals surface area contributed by atoms with E-state index in [1.54, 1.807) is 23.5 Å². The van der Waals surface area contributed by atoms with E-state index >= 15 is 0 Å². The van der Waals surface area contributed by atoms with Gasteiger partial charge in [0.15, 0.2) is 0 Å². The van der Waals surface area contributed by atoms with Crippen LogP contribution in [0.1, 0.15) is 0 Å². The molecule has 4 aromatic rings. The largest absolute Gasteiger partial charge is 0.508 e. The Kier molecular flexibility index (Phi) is 3.98. The lowest BCUT2D eigenvalue weighted by Crippen LogP contribution is -1.86. The Morgan fingerprint density at radius 1 is 0.875 bits per heavy atom. The molecule has 0 fully saturated rings. The van der Waals surface area contributed by atoms with Crippen LogP contribution < -0.4 is 5.32 Å². The van der Waals surface area contributed by atoms with Gasteiger partial charge in [-0.2, -0.15) is 0 Å². The summed E-state index contributed by atoms with van der Waals surface area (Å²) in [4.78, 5) is 1.21. The number of rotatable bonds is 4. The standard InChI is InChI=1S/C18H13N3OS2/c22-15-8-6-13(7-9-15)17-20-21-18(24-17)19-14-10-16(23-11-14)12-4-2-1-3-5-12/h1-11,22H,(H,19,21). The van der Waals surface area contributed by atoms with Gasteiger partial charge in [-0.05, 0) is 35.9 Å².